The van der Waals surface area contributed by atoms with Gasteiger partial charge in [0.2, 0.25) is 0 Å². The van der Waals surface area contributed by atoms with E-state index in [1.54, 1.807) is 13.8 Å². The van der Waals surface area contributed by atoms with Crippen molar-refractivity contribution in [2.45, 2.75) is 26.7 Å². The summed E-state index contributed by atoms with van der Waals surface area (Å²) in [5.41, 5.74) is 0. The molecule has 0 bridgehead atoms. The number of hydrogen-bond acceptors (Lipinski definition) is 2. The van der Waals surface area contributed by atoms with Crippen LogP contribution in [0.1, 0.15) is 26.7 Å². The van der Waals surface area contributed by atoms with Gasteiger partial charge in [-0.15, -0.1) is 11.8 Å². The number of carbonyl (C=O) groups excluding carboxylic acids is 1. The third kappa shape index (κ3) is 6.71. The van der Waals surface area contributed by atoms with Gasteiger partial charge in [0.15, 0.2) is 0 Å². The minimum absolute atomic E-state index is 0.150. The van der Waals surface area contributed by atoms with Crippen LogP contribution in [0.2, 0.25) is 0 Å². The third-order valence-corrected chi connectivity index (χ3v) is 2.06. The van der Waals surface area contributed by atoms with Crippen LogP contribution in [0.25, 0.3) is 0 Å². The van der Waals surface area contributed by atoms with Gasteiger partial charge in [0, 0.05) is 19.5 Å². The van der Waals surface area contributed by atoms with Crippen LogP contribution < -0.4 is 10.6 Å². The molecule has 0 aliphatic heterocycles. The Labute approximate surface area is 95.6 Å². The molecule has 0 rings (SSSR count). The predicted octanol–water partition coefficient (Wildman–Crippen LogP) is 0.810. The van der Waals surface area contributed by atoms with Gasteiger partial charge in [0.25, 0.3) is 0 Å². The van der Waals surface area contributed by atoms with E-state index in [-0.39, 0.29) is 12.6 Å². The van der Waals surface area contributed by atoms with Crippen molar-refractivity contribution >= 4 is 12.0 Å². The first-order chi connectivity index (χ1) is 7.61. The van der Waals surface area contributed by atoms with Gasteiger partial charge >= 0.3 is 12.0 Å². The van der Waals surface area contributed by atoms with Crippen LogP contribution in [0, 0.1) is 17.8 Å². The van der Waals surface area contributed by atoms with Gasteiger partial charge in [0.1, 0.15) is 0 Å². The zero-order valence-corrected chi connectivity index (χ0v) is 9.67. The molecule has 0 aliphatic rings. The van der Waals surface area contributed by atoms with E-state index in [2.05, 4.69) is 22.5 Å². The van der Waals surface area contributed by atoms with Gasteiger partial charge in [-0.05, 0) is 13.3 Å². The molecule has 0 aromatic rings. The van der Waals surface area contributed by atoms with E-state index in [0.29, 0.717) is 19.4 Å². The second kappa shape index (κ2) is 8.60. The normalized spacial score (nSPS) is 10.9. The Morgan fingerprint density at radius 3 is 2.56 bits per heavy atom. The number of carboxylic acids is 1. The van der Waals surface area contributed by atoms with E-state index in [4.69, 9.17) is 5.11 Å². The van der Waals surface area contributed by atoms with Crippen LogP contribution in [-0.4, -0.2) is 30.2 Å². The van der Waals surface area contributed by atoms with E-state index < -0.39 is 11.9 Å². The minimum atomic E-state index is -0.889. The van der Waals surface area contributed by atoms with Crippen molar-refractivity contribution in [3.8, 4) is 11.8 Å². The molecule has 1 unspecified atom stereocenters. The van der Waals surface area contributed by atoms with Crippen molar-refractivity contribution in [3.63, 3.8) is 0 Å². The molecule has 0 heterocycles. The average molecular weight is 226 g/mol. The molecular formula is C11H18N2O3. The molecule has 0 spiro atoms. The molecule has 0 radical (unpaired) electrons. The second-order valence-electron chi connectivity index (χ2n) is 3.26. The van der Waals surface area contributed by atoms with Crippen molar-refractivity contribution in [1.82, 2.24) is 10.6 Å². The van der Waals surface area contributed by atoms with Gasteiger partial charge in [-0.2, -0.15) is 0 Å². The zero-order chi connectivity index (χ0) is 12.4. The molecule has 0 aliphatic carbocycles. The quantitative estimate of drug-likeness (QED) is 0.463. The monoisotopic (exact) mass is 226 g/mol. The maximum Gasteiger partial charge on any atom is 0.314 e. The molecule has 0 aromatic carbocycles. The molecule has 2 amide bonds. The summed E-state index contributed by atoms with van der Waals surface area (Å²) in [5, 5.41) is 13.8. The van der Waals surface area contributed by atoms with Gasteiger partial charge < -0.3 is 15.7 Å². The molecule has 0 saturated carbocycles. The number of rotatable bonds is 6. The standard InChI is InChI=1S/C11H18N2O3/c1-3-5-6-7-12-11(16)13-8-9(4-2)10(14)15/h9H,4,6-8H2,1-2H3,(H,14,15)(H2,12,13,16). The maximum absolute atomic E-state index is 11.2. The Kier molecular flexibility index (Phi) is 7.68. The van der Waals surface area contributed by atoms with E-state index in [0.717, 1.165) is 0 Å². The summed E-state index contributed by atoms with van der Waals surface area (Å²) in [6, 6.07) is -0.349. The lowest BCUT2D eigenvalue weighted by Crippen LogP contribution is -2.40. The van der Waals surface area contributed by atoms with Crippen LogP contribution in [-0.2, 0) is 4.79 Å². The largest absolute Gasteiger partial charge is 0.481 e. The van der Waals surface area contributed by atoms with Crippen LogP contribution in [0.4, 0.5) is 4.79 Å². The highest BCUT2D eigenvalue weighted by Gasteiger charge is 2.15. The average Bonchev–Trinajstić information content (AvgIpc) is 2.25. The summed E-state index contributed by atoms with van der Waals surface area (Å²) in [6.45, 7) is 4.13. The second-order valence-corrected chi connectivity index (χ2v) is 3.26. The molecule has 0 fully saturated rings. The number of aliphatic carboxylic acids is 1. The number of hydrogen-bond donors (Lipinski definition) is 3. The zero-order valence-electron chi connectivity index (χ0n) is 9.67. The first-order valence-corrected chi connectivity index (χ1v) is 5.25. The molecule has 5 heteroatoms. The Balaban J connectivity index is 3.70. The van der Waals surface area contributed by atoms with Crippen molar-refractivity contribution < 1.29 is 14.7 Å². The van der Waals surface area contributed by atoms with E-state index >= 15 is 0 Å². The first kappa shape index (κ1) is 14.3. The smallest absolute Gasteiger partial charge is 0.314 e. The predicted molar refractivity (Wildman–Crippen MR) is 60.9 cm³/mol. The van der Waals surface area contributed by atoms with Crippen LogP contribution in [0.5, 0.6) is 0 Å². The lowest BCUT2D eigenvalue weighted by atomic mass is 10.1. The number of amides is 2. The van der Waals surface area contributed by atoms with Gasteiger partial charge in [-0.3, -0.25) is 4.79 Å². The lowest BCUT2D eigenvalue weighted by Gasteiger charge is -2.11. The molecule has 0 aromatic heterocycles. The highest BCUT2D eigenvalue weighted by Crippen LogP contribution is 1.99. The SMILES string of the molecule is CC#CCCNC(=O)NCC(CC)C(=O)O. The molecule has 1 atom stereocenters. The Morgan fingerprint density at radius 1 is 1.38 bits per heavy atom. The Bertz CT molecular complexity index is 291. The van der Waals surface area contributed by atoms with Crippen molar-refractivity contribution in [2.75, 3.05) is 13.1 Å². The van der Waals surface area contributed by atoms with E-state index in [1.165, 1.54) is 0 Å². The first-order valence-electron chi connectivity index (χ1n) is 5.25. The molecule has 0 saturated heterocycles. The molecular weight excluding hydrogens is 208 g/mol. The summed E-state index contributed by atoms with van der Waals surface area (Å²) in [5.74, 6) is 4.11. The summed E-state index contributed by atoms with van der Waals surface area (Å²) in [7, 11) is 0. The Morgan fingerprint density at radius 2 is 2.06 bits per heavy atom. The molecule has 3 N–H and O–H groups in total. The molecule has 5 nitrogen and oxygen atoms in total. The fourth-order valence-electron chi connectivity index (χ4n) is 1.05. The van der Waals surface area contributed by atoms with Crippen molar-refractivity contribution in [1.29, 1.82) is 0 Å². The van der Waals surface area contributed by atoms with Crippen LogP contribution in [0.3, 0.4) is 0 Å². The van der Waals surface area contributed by atoms with Gasteiger partial charge in [-0.1, -0.05) is 6.92 Å². The highest BCUT2D eigenvalue weighted by molar-refractivity contribution is 5.75. The maximum atomic E-state index is 11.2. The molecule has 90 valence electrons. The van der Waals surface area contributed by atoms with E-state index in [9.17, 15) is 9.59 Å². The van der Waals surface area contributed by atoms with Crippen LogP contribution in [0.15, 0.2) is 0 Å². The lowest BCUT2D eigenvalue weighted by molar-refractivity contribution is -0.141. The van der Waals surface area contributed by atoms with Gasteiger partial charge in [0.05, 0.1) is 5.92 Å². The highest BCUT2D eigenvalue weighted by atomic mass is 16.4. The minimum Gasteiger partial charge on any atom is -0.481 e. The Hall–Kier alpha value is -1.70. The summed E-state index contributed by atoms with van der Waals surface area (Å²) >= 11 is 0. The molecule has 16 heavy (non-hydrogen) atoms. The van der Waals surface area contributed by atoms with Crippen molar-refractivity contribution in [3.05, 3.63) is 0 Å². The third-order valence-electron chi connectivity index (χ3n) is 2.06. The topological polar surface area (TPSA) is 78.4 Å². The summed E-state index contributed by atoms with van der Waals surface area (Å²) in [6.07, 6.45) is 1.09. The fraction of sp³-hybridized carbons (Fsp3) is 0.636. The fourth-order valence-corrected chi connectivity index (χ4v) is 1.05. The number of nitrogens with one attached hydrogen (secondary N) is 2. The van der Waals surface area contributed by atoms with E-state index in [1.807, 2.05) is 0 Å². The number of carbonyl (C=O) groups is 2. The van der Waals surface area contributed by atoms with Crippen molar-refractivity contribution in [2.24, 2.45) is 5.92 Å². The van der Waals surface area contributed by atoms with Crippen LogP contribution >= 0.6 is 0 Å². The summed E-state index contributed by atoms with van der Waals surface area (Å²) in [4.78, 5) is 21.8. The van der Waals surface area contributed by atoms with Gasteiger partial charge in [-0.25, -0.2) is 4.79 Å². The summed E-state index contributed by atoms with van der Waals surface area (Å²) < 4.78 is 0. The number of carboxylic acid groups (broad SMARTS) is 1. The number of urea groups is 1.